The van der Waals surface area contributed by atoms with Crippen LogP contribution in [0, 0.1) is 0 Å². The van der Waals surface area contributed by atoms with Gasteiger partial charge >= 0.3 is 6.03 Å². The molecule has 0 aromatic rings. The van der Waals surface area contributed by atoms with E-state index >= 15 is 0 Å². The van der Waals surface area contributed by atoms with Gasteiger partial charge in [0.2, 0.25) is 0 Å². The summed E-state index contributed by atoms with van der Waals surface area (Å²) in [5.74, 6) is 0. The van der Waals surface area contributed by atoms with Crippen LogP contribution in [0.25, 0.3) is 0 Å². The summed E-state index contributed by atoms with van der Waals surface area (Å²) >= 11 is 0. The van der Waals surface area contributed by atoms with Gasteiger partial charge in [0.05, 0.1) is 0 Å². The molecule has 1 aliphatic rings. The number of likely N-dealkylation sites (tertiary alicyclic amines) is 1. The van der Waals surface area contributed by atoms with Gasteiger partial charge in [-0.25, -0.2) is 4.79 Å². The molecule has 0 aromatic heterocycles. The molecule has 0 aliphatic carbocycles. The predicted molar refractivity (Wildman–Crippen MR) is 80.8 cm³/mol. The molecule has 0 bridgehead atoms. The first-order valence-electron chi connectivity index (χ1n) is 7.56. The van der Waals surface area contributed by atoms with Crippen molar-refractivity contribution in [2.24, 2.45) is 0 Å². The molecule has 0 aromatic carbocycles. The summed E-state index contributed by atoms with van der Waals surface area (Å²) in [6.45, 7) is 6.28. The lowest BCUT2D eigenvalue weighted by atomic mass is 10.1. The second kappa shape index (κ2) is 9.15. The van der Waals surface area contributed by atoms with Gasteiger partial charge in [0.25, 0.3) is 0 Å². The van der Waals surface area contributed by atoms with Gasteiger partial charge in [-0.2, -0.15) is 0 Å². The number of carbonyl (C=O) groups excluding carboxylic acids is 1. The molecular weight excluding hydrogens is 256 g/mol. The normalized spacial score (nSPS) is 19.1. The van der Waals surface area contributed by atoms with Crippen molar-refractivity contribution < 1.29 is 9.90 Å². The Kier molecular flexibility index (Phi) is 7.87. The van der Waals surface area contributed by atoms with Gasteiger partial charge in [0.15, 0.2) is 0 Å². The van der Waals surface area contributed by atoms with Crippen LogP contribution in [0.2, 0.25) is 0 Å². The summed E-state index contributed by atoms with van der Waals surface area (Å²) < 4.78 is 0. The zero-order chi connectivity index (χ0) is 15.0. The quantitative estimate of drug-likeness (QED) is 0.620. The Labute approximate surface area is 122 Å². The predicted octanol–water partition coefficient (Wildman–Crippen LogP) is 0.0825. The average molecular weight is 286 g/mol. The van der Waals surface area contributed by atoms with Gasteiger partial charge in [0.1, 0.15) is 0 Å². The molecule has 2 amide bonds. The zero-order valence-corrected chi connectivity index (χ0v) is 13.1. The fourth-order valence-corrected chi connectivity index (χ4v) is 2.36. The van der Waals surface area contributed by atoms with E-state index in [1.165, 1.54) is 0 Å². The lowest BCUT2D eigenvalue weighted by Gasteiger charge is -2.33. The third kappa shape index (κ3) is 7.07. The SMILES string of the molecule is C[C@H](CCO)NC(=O)NC1CCN(CCN(C)C)CC1. The maximum atomic E-state index is 11.8. The van der Waals surface area contributed by atoms with Crippen LogP contribution in [0.4, 0.5) is 4.79 Å². The van der Waals surface area contributed by atoms with E-state index in [9.17, 15) is 4.79 Å². The molecule has 6 heteroatoms. The van der Waals surface area contributed by atoms with Gasteiger partial charge in [0, 0.05) is 44.9 Å². The third-order valence-corrected chi connectivity index (χ3v) is 3.73. The Bertz CT molecular complexity index is 278. The van der Waals surface area contributed by atoms with E-state index < -0.39 is 0 Å². The highest BCUT2D eigenvalue weighted by atomic mass is 16.3. The molecule has 1 fully saturated rings. The number of amides is 2. The van der Waals surface area contributed by atoms with Gasteiger partial charge in [-0.1, -0.05) is 0 Å². The summed E-state index contributed by atoms with van der Waals surface area (Å²) in [7, 11) is 4.18. The zero-order valence-electron chi connectivity index (χ0n) is 13.1. The highest BCUT2D eigenvalue weighted by Crippen LogP contribution is 2.09. The molecule has 1 aliphatic heterocycles. The van der Waals surface area contributed by atoms with Gasteiger partial charge in [-0.15, -0.1) is 0 Å². The van der Waals surface area contributed by atoms with Crippen molar-refractivity contribution in [3.8, 4) is 0 Å². The summed E-state index contributed by atoms with van der Waals surface area (Å²) in [5.41, 5.74) is 0. The first-order chi connectivity index (χ1) is 9.51. The second-order valence-electron chi connectivity index (χ2n) is 5.95. The lowest BCUT2D eigenvalue weighted by Crippen LogP contribution is -2.50. The third-order valence-electron chi connectivity index (χ3n) is 3.73. The number of nitrogens with one attached hydrogen (secondary N) is 2. The van der Waals surface area contributed by atoms with Crippen molar-refractivity contribution >= 4 is 6.03 Å². The topological polar surface area (TPSA) is 67.8 Å². The van der Waals surface area contributed by atoms with Gasteiger partial charge < -0.3 is 25.5 Å². The van der Waals surface area contributed by atoms with Crippen molar-refractivity contribution in [1.29, 1.82) is 0 Å². The van der Waals surface area contributed by atoms with E-state index in [0.29, 0.717) is 6.42 Å². The van der Waals surface area contributed by atoms with Crippen molar-refractivity contribution in [3.05, 3.63) is 0 Å². The Morgan fingerprint density at radius 1 is 1.40 bits per heavy atom. The standard InChI is InChI=1S/C14H30N4O2/c1-12(6-11-19)15-14(20)16-13-4-7-18(8-5-13)10-9-17(2)3/h12-13,19H,4-11H2,1-3H3,(H2,15,16,20)/t12-/m1/s1. The molecule has 20 heavy (non-hydrogen) atoms. The molecule has 0 spiro atoms. The van der Waals surface area contributed by atoms with E-state index in [2.05, 4.69) is 34.5 Å². The van der Waals surface area contributed by atoms with Gasteiger partial charge in [-0.3, -0.25) is 0 Å². The monoisotopic (exact) mass is 286 g/mol. The minimum Gasteiger partial charge on any atom is -0.396 e. The van der Waals surface area contributed by atoms with Crippen LogP contribution in [0.15, 0.2) is 0 Å². The molecule has 1 rings (SSSR count). The number of nitrogens with zero attached hydrogens (tertiary/aromatic N) is 2. The minimum atomic E-state index is -0.113. The van der Waals surface area contributed by atoms with Crippen LogP contribution >= 0.6 is 0 Å². The first-order valence-corrected chi connectivity index (χ1v) is 7.56. The number of rotatable bonds is 7. The van der Waals surface area contributed by atoms with Gasteiger partial charge in [-0.05, 0) is 40.3 Å². The molecule has 6 nitrogen and oxygen atoms in total. The lowest BCUT2D eigenvalue weighted by molar-refractivity contribution is 0.179. The minimum absolute atomic E-state index is 0.0141. The maximum absolute atomic E-state index is 11.8. The Morgan fingerprint density at radius 2 is 2.05 bits per heavy atom. The fourth-order valence-electron chi connectivity index (χ4n) is 2.36. The summed E-state index contributed by atoms with van der Waals surface area (Å²) in [6, 6.07) is 0.171. The number of likely N-dealkylation sites (N-methyl/N-ethyl adjacent to an activating group) is 1. The fraction of sp³-hybridized carbons (Fsp3) is 0.929. The Hall–Kier alpha value is -0.850. The number of carbonyl (C=O) groups is 1. The number of piperidine rings is 1. The van der Waals surface area contributed by atoms with Crippen LogP contribution in [-0.2, 0) is 0 Å². The van der Waals surface area contributed by atoms with Crippen LogP contribution in [0.5, 0.6) is 0 Å². The van der Waals surface area contributed by atoms with Crippen LogP contribution in [-0.4, -0.2) is 79.9 Å². The van der Waals surface area contributed by atoms with Crippen molar-refractivity contribution in [1.82, 2.24) is 20.4 Å². The molecule has 118 valence electrons. The van der Waals surface area contributed by atoms with Crippen LogP contribution in [0.3, 0.4) is 0 Å². The van der Waals surface area contributed by atoms with Crippen molar-refractivity contribution in [3.63, 3.8) is 0 Å². The number of urea groups is 1. The maximum Gasteiger partial charge on any atom is 0.315 e. The highest BCUT2D eigenvalue weighted by molar-refractivity contribution is 5.74. The Morgan fingerprint density at radius 3 is 2.60 bits per heavy atom. The molecule has 0 saturated carbocycles. The summed E-state index contributed by atoms with van der Waals surface area (Å²) in [4.78, 5) is 16.4. The summed E-state index contributed by atoms with van der Waals surface area (Å²) in [5, 5.41) is 14.7. The second-order valence-corrected chi connectivity index (χ2v) is 5.95. The molecule has 0 unspecified atom stereocenters. The number of aliphatic hydroxyl groups is 1. The van der Waals surface area contributed by atoms with Crippen molar-refractivity contribution in [2.75, 3.05) is 46.9 Å². The van der Waals surface area contributed by atoms with E-state index in [1.54, 1.807) is 0 Å². The number of aliphatic hydroxyl groups excluding tert-OH is 1. The van der Waals surface area contributed by atoms with E-state index in [1.807, 2.05) is 6.92 Å². The summed E-state index contributed by atoms with van der Waals surface area (Å²) in [6.07, 6.45) is 2.61. The number of hydrogen-bond donors (Lipinski definition) is 3. The smallest absolute Gasteiger partial charge is 0.315 e. The largest absolute Gasteiger partial charge is 0.396 e. The molecule has 1 atom stereocenters. The van der Waals surface area contributed by atoms with Crippen LogP contribution in [0.1, 0.15) is 26.2 Å². The molecule has 0 radical (unpaired) electrons. The van der Waals surface area contributed by atoms with Crippen LogP contribution < -0.4 is 10.6 Å². The molecule has 3 N–H and O–H groups in total. The first kappa shape index (κ1) is 17.2. The van der Waals surface area contributed by atoms with E-state index in [-0.39, 0.29) is 24.7 Å². The van der Waals surface area contributed by atoms with E-state index in [4.69, 9.17) is 5.11 Å². The Balaban J connectivity index is 2.16. The molecule has 1 heterocycles. The molecule has 1 saturated heterocycles. The highest BCUT2D eigenvalue weighted by Gasteiger charge is 2.20. The molecular formula is C14H30N4O2. The number of hydrogen-bond acceptors (Lipinski definition) is 4. The van der Waals surface area contributed by atoms with Crippen molar-refractivity contribution in [2.45, 2.75) is 38.3 Å². The average Bonchev–Trinajstić information content (AvgIpc) is 2.37. The van der Waals surface area contributed by atoms with E-state index in [0.717, 1.165) is 39.0 Å².